The Kier molecular flexibility index (Phi) is 4.02. The maximum atomic E-state index is 11.9. The molecule has 5 amide bonds. The normalized spacial score (nSPS) is 14.9. The van der Waals surface area contributed by atoms with E-state index in [0.29, 0.717) is 10.6 Å². The van der Waals surface area contributed by atoms with Crippen LogP contribution in [0.15, 0.2) is 24.3 Å². The molecule has 1 saturated heterocycles. The number of nitrogens with zero attached hydrogens (tertiary/aromatic N) is 2. The predicted molar refractivity (Wildman–Crippen MR) is 74.3 cm³/mol. The smallest absolute Gasteiger partial charge is 0.324 e. The summed E-state index contributed by atoms with van der Waals surface area (Å²) in [5.41, 5.74) is 1.46. The van der Waals surface area contributed by atoms with Crippen molar-refractivity contribution in [2.24, 2.45) is 0 Å². The Balaban J connectivity index is 2.07. The first-order valence-corrected chi connectivity index (χ1v) is 6.48. The number of likely N-dealkylation sites (N-methyl/N-ethyl adjacent to an activating group) is 1. The van der Waals surface area contributed by atoms with Crippen molar-refractivity contribution in [2.45, 2.75) is 13.8 Å². The molecular weight excluding hydrogens is 274 g/mol. The third-order valence-corrected chi connectivity index (χ3v) is 3.17. The molecule has 7 heteroatoms. The number of para-hydroxylation sites is 1. The maximum Gasteiger partial charge on any atom is 0.334 e. The summed E-state index contributed by atoms with van der Waals surface area (Å²) in [6.45, 7) is 3.03. The van der Waals surface area contributed by atoms with Gasteiger partial charge in [0.2, 0.25) is 5.91 Å². The quantitative estimate of drug-likeness (QED) is 0.654. The van der Waals surface area contributed by atoms with Crippen LogP contribution in [0.2, 0.25) is 0 Å². The van der Waals surface area contributed by atoms with Crippen molar-refractivity contribution in [3.05, 3.63) is 29.8 Å². The molecule has 21 heavy (non-hydrogen) atoms. The van der Waals surface area contributed by atoms with Gasteiger partial charge < -0.3 is 5.32 Å². The summed E-state index contributed by atoms with van der Waals surface area (Å²) in [6.07, 6.45) is 0. The summed E-state index contributed by atoms with van der Waals surface area (Å²) < 4.78 is 0. The molecule has 0 bridgehead atoms. The number of benzene rings is 1. The third kappa shape index (κ3) is 2.76. The largest absolute Gasteiger partial charge is 0.334 e. The van der Waals surface area contributed by atoms with Gasteiger partial charge >= 0.3 is 17.8 Å². The second-order valence-corrected chi connectivity index (χ2v) is 4.59. The Hall–Kier alpha value is -2.70. The lowest BCUT2D eigenvalue weighted by Gasteiger charge is -2.14. The summed E-state index contributed by atoms with van der Waals surface area (Å²) in [7, 11) is 0. The minimum atomic E-state index is -0.971. The lowest BCUT2D eigenvalue weighted by atomic mass is 10.2. The van der Waals surface area contributed by atoms with Gasteiger partial charge in [-0.2, -0.15) is 0 Å². The van der Waals surface area contributed by atoms with Crippen molar-refractivity contribution >= 4 is 29.4 Å². The molecule has 0 aromatic heterocycles. The second kappa shape index (κ2) is 5.74. The van der Waals surface area contributed by atoms with Gasteiger partial charge in [0.1, 0.15) is 6.54 Å². The number of rotatable bonds is 4. The van der Waals surface area contributed by atoms with E-state index in [-0.39, 0.29) is 6.54 Å². The maximum absolute atomic E-state index is 11.9. The number of carbonyl (C=O) groups is 4. The summed E-state index contributed by atoms with van der Waals surface area (Å²) >= 11 is 0. The van der Waals surface area contributed by atoms with Crippen LogP contribution in [0.5, 0.6) is 0 Å². The van der Waals surface area contributed by atoms with Crippen molar-refractivity contribution in [1.29, 1.82) is 0 Å². The van der Waals surface area contributed by atoms with Crippen molar-refractivity contribution in [3.8, 4) is 0 Å². The molecule has 0 saturated carbocycles. The van der Waals surface area contributed by atoms with Gasteiger partial charge in [-0.25, -0.2) is 9.69 Å². The van der Waals surface area contributed by atoms with Gasteiger partial charge in [-0.1, -0.05) is 18.2 Å². The Morgan fingerprint density at radius 3 is 2.29 bits per heavy atom. The number of imide groups is 2. The summed E-state index contributed by atoms with van der Waals surface area (Å²) in [6, 6.07) is 6.37. The molecule has 1 fully saturated rings. The molecule has 0 radical (unpaired) electrons. The fraction of sp³-hybridized carbons (Fsp3) is 0.286. The van der Waals surface area contributed by atoms with Crippen LogP contribution in [-0.2, 0) is 14.4 Å². The lowest BCUT2D eigenvalue weighted by Crippen LogP contribution is -2.39. The number of hydrogen-bond donors (Lipinski definition) is 1. The summed E-state index contributed by atoms with van der Waals surface area (Å²) in [5, 5.41) is 2.61. The first kappa shape index (κ1) is 14.7. The first-order valence-electron chi connectivity index (χ1n) is 6.48. The zero-order chi connectivity index (χ0) is 15.6. The van der Waals surface area contributed by atoms with Gasteiger partial charge in [0.05, 0.1) is 0 Å². The molecule has 1 N–H and O–H groups in total. The number of nitrogens with one attached hydrogen (secondary N) is 1. The monoisotopic (exact) mass is 289 g/mol. The van der Waals surface area contributed by atoms with Crippen LogP contribution in [0.25, 0.3) is 0 Å². The molecule has 0 unspecified atom stereocenters. The van der Waals surface area contributed by atoms with Crippen molar-refractivity contribution in [1.82, 2.24) is 9.80 Å². The van der Waals surface area contributed by atoms with E-state index >= 15 is 0 Å². The van der Waals surface area contributed by atoms with E-state index in [1.165, 1.54) is 0 Å². The molecule has 0 spiro atoms. The third-order valence-electron chi connectivity index (χ3n) is 3.17. The van der Waals surface area contributed by atoms with Gasteiger partial charge in [-0.05, 0) is 25.5 Å². The first-order chi connectivity index (χ1) is 9.95. The highest BCUT2D eigenvalue weighted by Gasteiger charge is 2.44. The topological polar surface area (TPSA) is 86.8 Å². The van der Waals surface area contributed by atoms with E-state index in [1.54, 1.807) is 19.1 Å². The molecular formula is C14H15N3O4. The van der Waals surface area contributed by atoms with E-state index in [9.17, 15) is 19.2 Å². The average Bonchev–Trinajstić information content (AvgIpc) is 2.65. The van der Waals surface area contributed by atoms with Gasteiger partial charge in [-0.15, -0.1) is 0 Å². The predicted octanol–water partition coefficient (Wildman–Crippen LogP) is 0.744. The zero-order valence-corrected chi connectivity index (χ0v) is 11.8. The molecule has 1 aliphatic heterocycles. The van der Waals surface area contributed by atoms with E-state index in [4.69, 9.17) is 0 Å². The minimum absolute atomic E-state index is 0.0965. The van der Waals surface area contributed by atoms with Crippen LogP contribution in [0, 0.1) is 6.92 Å². The fourth-order valence-corrected chi connectivity index (χ4v) is 2.02. The Labute approximate surface area is 121 Å². The molecule has 1 heterocycles. The average molecular weight is 289 g/mol. The number of amides is 5. The number of anilines is 1. The molecule has 110 valence electrons. The lowest BCUT2D eigenvalue weighted by molar-refractivity contribution is -0.143. The molecule has 1 aliphatic rings. The zero-order valence-electron chi connectivity index (χ0n) is 11.8. The van der Waals surface area contributed by atoms with Gasteiger partial charge in [0.15, 0.2) is 0 Å². The van der Waals surface area contributed by atoms with Gasteiger partial charge in [0.25, 0.3) is 0 Å². The second-order valence-electron chi connectivity index (χ2n) is 4.59. The molecule has 2 rings (SSSR count). The minimum Gasteiger partial charge on any atom is -0.324 e. The molecule has 0 aliphatic carbocycles. The molecule has 1 aromatic carbocycles. The molecule has 0 atom stereocenters. The standard InChI is InChI=1S/C14H15N3O4/c1-3-16-12(19)13(20)17(14(16)21)8-11(18)15-10-7-5-4-6-9(10)2/h4-7H,3,8H2,1-2H3,(H,15,18). The Bertz CT molecular complexity index is 626. The number of aryl methyl sites for hydroxylation is 1. The highest BCUT2D eigenvalue weighted by atomic mass is 16.2. The van der Waals surface area contributed by atoms with Crippen molar-refractivity contribution in [2.75, 3.05) is 18.4 Å². The van der Waals surface area contributed by atoms with Crippen LogP contribution in [0.1, 0.15) is 12.5 Å². The highest BCUT2D eigenvalue weighted by Crippen LogP contribution is 2.15. The van der Waals surface area contributed by atoms with Crippen molar-refractivity contribution < 1.29 is 19.2 Å². The van der Waals surface area contributed by atoms with E-state index in [1.807, 2.05) is 19.1 Å². The van der Waals surface area contributed by atoms with Crippen LogP contribution in [0.3, 0.4) is 0 Å². The molecule has 7 nitrogen and oxygen atoms in total. The van der Waals surface area contributed by atoms with Crippen LogP contribution in [0.4, 0.5) is 10.5 Å². The van der Waals surface area contributed by atoms with E-state index < -0.39 is 30.3 Å². The van der Waals surface area contributed by atoms with E-state index in [0.717, 1.165) is 10.5 Å². The Morgan fingerprint density at radius 1 is 1.10 bits per heavy atom. The fourth-order valence-electron chi connectivity index (χ4n) is 2.02. The molecule has 1 aromatic rings. The number of carbonyl (C=O) groups excluding carboxylic acids is 4. The van der Waals surface area contributed by atoms with Crippen molar-refractivity contribution in [3.63, 3.8) is 0 Å². The van der Waals surface area contributed by atoms with Gasteiger partial charge in [-0.3, -0.25) is 19.3 Å². The van der Waals surface area contributed by atoms with Crippen LogP contribution < -0.4 is 5.32 Å². The van der Waals surface area contributed by atoms with E-state index in [2.05, 4.69) is 5.32 Å². The highest BCUT2D eigenvalue weighted by molar-refractivity contribution is 6.45. The summed E-state index contributed by atoms with van der Waals surface area (Å²) in [5.74, 6) is -2.40. The van der Waals surface area contributed by atoms with Crippen LogP contribution in [-0.4, -0.2) is 46.6 Å². The SMILES string of the molecule is CCN1C(=O)C(=O)N(CC(=O)Nc2ccccc2C)C1=O. The number of hydrogen-bond acceptors (Lipinski definition) is 4. The Morgan fingerprint density at radius 2 is 1.71 bits per heavy atom. The number of urea groups is 1. The van der Waals surface area contributed by atoms with Crippen LogP contribution >= 0.6 is 0 Å². The van der Waals surface area contributed by atoms with Gasteiger partial charge in [0, 0.05) is 12.2 Å². The summed E-state index contributed by atoms with van der Waals surface area (Å²) in [4.78, 5) is 48.4.